The second-order valence-corrected chi connectivity index (χ2v) is 9.47. The molecule has 0 fully saturated rings. The highest BCUT2D eigenvalue weighted by atomic mass is 19.4. The van der Waals surface area contributed by atoms with Crippen LogP contribution in [0, 0.1) is 29.0 Å². The van der Waals surface area contributed by atoms with Gasteiger partial charge in [-0.2, -0.15) is 14.3 Å². The van der Waals surface area contributed by atoms with E-state index in [1.54, 1.807) is 24.3 Å². The van der Waals surface area contributed by atoms with Crippen LogP contribution in [-0.4, -0.2) is 29.3 Å². The summed E-state index contributed by atoms with van der Waals surface area (Å²) in [5.74, 6) is -0.978. The van der Waals surface area contributed by atoms with Gasteiger partial charge < -0.3 is 19.9 Å². The van der Waals surface area contributed by atoms with Crippen LogP contribution in [0.1, 0.15) is 27.9 Å². The lowest BCUT2D eigenvalue weighted by atomic mass is 9.84. The third kappa shape index (κ3) is 8.36. The van der Waals surface area contributed by atoms with Crippen molar-refractivity contribution in [3.05, 3.63) is 125 Å². The van der Waals surface area contributed by atoms with E-state index < -0.39 is 47.3 Å². The molecule has 0 saturated heterocycles. The Labute approximate surface area is 257 Å². The maximum atomic E-state index is 15.7. The van der Waals surface area contributed by atoms with Crippen molar-refractivity contribution >= 4 is 6.34 Å². The van der Waals surface area contributed by atoms with Gasteiger partial charge in [-0.25, -0.2) is 8.78 Å². The minimum Gasteiger partial charge on any atom is -0.489 e. The van der Waals surface area contributed by atoms with Crippen LogP contribution in [0.4, 0.5) is 30.7 Å². The quantitative estimate of drug-likeness (QED) is 0.0416. The van der Waals surface area contributed by atoms with Crippen LogP contribution in [0.2, 0.25) is 0 Å². The molecule has 0 amide bonds. The van der Waals surface area contributed by atoms with Gasteiger partial charge in [-0.1, -0.05) is 29.2 Å². The number of benzene rings is 3. The van der Waals surface area contributed by atoms with Crippen molar-refractivity contribution < 1.29 is 45.3 Å². The summed E-state index contributed by atoms with van der Waals surface area (Å²) in [6.07, 6.45) is -3.00. The molecule has 3 N–H and O–H groups in total. The molecule has 0 bridgehead atoms. The lowest BCUT2D eigenvalue weighted by Gasteiger charge is -2.36. The first kappa shape index (κ1) is 33.4. The predicted molar refractivity (Wildman–Crippen MR) is 150 cm³/mol. The van der Waals surface area contributed by atoms with Gasteiger partial charge in [-0.3, -0.25) is 4.98 Å². The molecule has 8 nitrogen and oxygen atoms in total. The Morgan fingerprint density at radius 1 is 0.870 bits per heavy atom. The monoisotopic (exact) mass is 645 g/mol. The van der Waals surface area contributed by atoms with E-state index >= 15 is 8.78 Å². The molecule has 0 aliphatic heterocycles. The zero-order valence-corrected chi connectivity index (χ0v) is 23.3. The van der Waals surface area contributed by atoms with Crippen LogP contribution < -0.4 is 14.8 Å². The smallest absolute Gasteiger partial charge is 0.489 e. The average molecular weight is 646 g/mol. The number of ether oxygens (including phenoxy) is 2. The number of hydrogen-bond acceptors (Lipinski definition) is 6. The molecule has 1 unspecified atom stereocenters. The standard InChI is InChI=1S/C31H22F7N5O3/c32-23-8-13-26(27(33)15-23)29(44,18-40-19-42-43-39)30(34,35)28-14-7-21(16-41-28)2-1-20-3-9-24(10-4-20)45-17-22-5-11-25(12-6-22)46-31(36,37)38/h3-16,19,44H,17-18H2,(H2,39,40,42). The Morgan fingerprint density at radius 2 is 1.52 bits per heavy atom. The molecule has 0 spiro atoms. The minimum absolute atomic E-state index is 0.0769. The molecule has 4 rings (SSSR count). The molecule has 15 heteroatoms. The van der Waals surface area contributed by atoms with Crippen LogP contribution in [-0.2, 0) is 18.1 Å². The first-order chi connectivity index (χ1) is 21.8. The summed E-state index contributed by atoms with van der Waals surface area (Å²) in [7, 11) is 0. The fraction of sp³-hybridized carbons (Fsp3) is 0.161. The number of rotatable bonds is 11. The van der Waals surface area contributed by atoms with Crippen molar-refractivity contribution in [2.45, 2.75) is 24.5 Å². The highest BCUT2D eigenvalue weighted by Gasteiger charge is 2.57. The Balaban J connectivity index is 1.44. The molecule has 0 aliphatic rings. The predicted octanol–water partition coefficient (Wildman–Crippen LogP) is 6.78. The molecule has 1 heterocycles. The molecule has 1 atom stereocenters. The van der Waals surface area contributed by atoms with Crippen LogP contribution in [0.15, 0.2) is 95.4 Å². The van der Waals surface area contributed by atoms with E-state index in [4.69, 9.17) is 10.3 Å². The van der Waals surface area contributed by atoms with E-state index in [-0.39, 0.29) is 17.9 Å². The van der Waals surface area contributed by atoms with Gasteiger partial charge in [0.1, 0.15) is 41.8 Å². The third-order valence-corrected chi connectivity index (χ3v) is 6.31. The lowest BCUT2D eigenvalue weighted by molar-refractivity contribution is -0.274. The Kier molecular flexibility index (Phi) is 10.2. The third-order valence-electron chi connectivity index (χ3n) is 6.31. The SMILES string of the molecule is N=N/N=C\NCC(O)(c1ccc(F)cc1F)C(F)(F)c1ccc(C#Cc2ccc(OCc3ccc(OC(F)(F)F)cc3)cc2)cn1. The summed E-state index contributed by atoms with van der Waals surface area (Å²) in [5.41, 5.74) is 2.88. The Bertz CT molecular complexity index is 1740. The molecule has 0 aliphatic carbocycles. The topological polar surface area (TPSA) is 112 Å². The molecular formula is C31H22F7N5O3. The highest BCUT2D eigenvalue weighted by molar-refractivity contribution is 5.54. The summed E-state index contributed by atoms with van der Waals surface area (Å²) in [4.78, 5) is 3.73. The fourth-order valence-corrected chi connectivity index (χ4v) is 4.06. The molecule has 1 aromatic heterocycles. The summed E-state index contributed by atoms with van der Waals surface area (Å²) >= 11 is 0. The molecular weight excluding hydrogens is 623 g/mol. The number of aliphatic hydroxyl groups is 1. The highest BCUT2D eigenvalue weighted by Crippen LogP contribution is 2.45. The molecule has 238 valence electrons. The number of pyridine rings is 1. The fourth-order valence-electron chi connectivity index (χ4n) is 4.06. The summed E-state index contributed by atoms with van der Waals surface area (Å²) < 4.78 is 106. The van der Waals surface area contributed by atoms with Crippen molar-refractivity contribution in [3.8, 4) is 23.3 Å². The molecule has 46 heavy (non-hydrogen) atoms. The zero-order valence-electron chi connectivity index (χ0n) is 23.3. The van der Waals surface area contributed by atoms with Crippen LogP contribution in [0.5, 0.6) is 11.5 Å². The Morgan fingerprint density at radius 3 is 2.13 bits per heavy atom. The number of nitrogens with one attached hydrogen (secondary N) is 2. The summed E-state index contributed by atoms with van der Waals surface area (Å²) in [5, 5.41) is 19.1. The maximum absolute atomic E-state index is 15.7. The van der Waals surface area contributed by atoms with Gasteiger partial charge in [0.2, 0.25) is 0 Å². The number of hydrogen-bond donors (Lipinski definition) is 3. The molecule has 0 radical (unpaired) electrons. The number of nitrogens with zero attached hydrogens (tertiary/aromatic N) is 3. The van der Waals surface area contributed by atoms with E-state index in [1.807, 2.05) is 0 Å². The van der Waals surface area contributed by atoms with Crippen molar-refractivity contribution in [3.63, 3.8) is 0 Å². The average Bonchev–Trinajstić information content (AvgIpc) is 3.01. The number of alkyl halides is 5. The maximum Gasteiger partial charge on any atom is 0.573 e. The van der Waals surface area contributed by atoms with Crippen LogP contribution in [0.3, 0.4) is 0 Å². The van der Waals surface area contributed by atoms with Gasteiger partial charge in [-0.05, 0) is 66.2 Å². The summed E-state index contributed by atoms with van der Waals surface area (Å²) in [6, 6.07) is 15.6. The van der Waals surface area contributed by atoms with Gasteiger partial charge in [-0.15, -0.1) is 18.3 Å². The van der Waals surface area contributed by atoms with Crippen molar-refractivity contribution in [2.75, 3.05) is 6.54 Å². The van der Waals surface area contributed by atoms with Gasteiger partial charge in [0.25, 0.3) is 0 Å². The number of aromatic nitrogens is 1. The molecule has 0 saturated carbocycles. The van der Waals surface area contributed by atoms with Gasteiger partial charge in [0.05, 0.1) is 6.54 Å². The van der Waals surface area contributed by atoms with Crippen LogP contribution >= 0.6 is 0 Å². The zero-order chi connectivity index (χ0) is 33.4. The second-order valence-electron chi connectivity index (χ2n) is 9.47. The summed E-state index contributed by atoms with van der Waals surface area (Å²) in [6.45, 7) is -0.929. The van der Waals surface area contributed by atoms with E-state index in [9.17, 15) is 27.1 Å². The first-order valence-electron chi connectivity index (χ1n) is 13.0. The van der Waals surface area contributed by atoms with Crippen molar-refractivity contribution in [2.24, 2.45) is 10.3 Å². The molecule has 4 aromatic rings. The number of halogens is 7. The first-order valence-corrected chi connectivity index (χ1v) is 13.0. The van der Waals surface area contributed by atoms with E-state index in [1.165, 1.54) is 30.3 Å². The normalized spacial score (nSPS) is 13.0. The van der Waals surface area contributed by atoms with E-state index in [0.717, 1.165) is 24.7 Å². The Hall–Kier alpha value is -5.49. The van der Waals surface area contributed by atoms with E-state index in [0.29, 0.717) is 29.0 Å². The van der Waals surface area contributed by atoms with Gasteiger partial charge in [0.15, 0.2) is 5.60 Å². The van der Waals surface area contributed by atoms with Crippen molar-refractivity contribution in [1.29, 1.82) is 5.53 Å². The minimum atomic E-state index is -4.78. The van der Waals surface area contributed by atoms with E-state index in [2.05, 4.69) is 37.2 Å². The van der Waals surface area contributed by atoms with Crippen LogP contribution in [0.25, 0.3) is 0 Å². The lowest BCUT2D eigenvalue weighted by Crippen LogP contribution is -2.51. The van der Waals surface area contributed by atoms with Gasteiger partial charge in [0, 0.05) is 29.0 Å². The second kappa shape index (κ2) is 14.1. The largest absolute Gasteiger partial charge is 0.573 e. The van der Waals surface area contributed by atoms with Crippen molar-refractivity contribution in [1.82, 2.24) is 10.3 Å². The molecule has 3 aromatic carbocycles. The van der Waals surface area contributed by atoms with Gasteiger partial charge >= 0.3 is 12.3 Å².